The molecule has 0 spiro atoms. The molecule has 4 aromatic rings. The third-order valence-corrected chi connectivity index (χ3v) is 4.36. The Kier molecular flexibility index (Phi) is 7.06. The maximum absolute atomic E-state index is 10.7. The predicted octanol–water partition coefficient (Wildman–Crippen LogP) is 2.02. The topological polar surface area (TPSA) is 124 Å². The number of aliphatic hydroxyl groups is 1. The molecule has 0 saturated carbocycles. The molecule has 0 unspecified atom stereocenters. The number of hydrogen-bond acceptors (Lipinski definition) is 8. The largest absolute Gasteiger partial charge is 0.388 e. The SMILES string of the molecule is CCn1c(C=O)nnc1-c1ccncc1.CCn1c(CO)nnc1-c1ccncc1. The molecule has 10 nitrogen and oxygen atoms in total. The van der Waals surface area contributed by atoms with Crippen molar-refractivity contribution in [1.82, 2.24) is 39.5 Å². The number of aliphatic hydroxyl groups excluding tert-OH is 1. The van der Waals surface area contributed by atoms with Gasteiger partial charge in [-0.05, 0) is 38.1 Å². The summed E-state index contributed by atoms with van der Waals surface area (Å²) in [5.41, 5.74) is 1.87. The molecule has 0 amide bonds. The van der Waals surface area contributed by atoms with Crippen molar-refractivity contribution in [2.75, 3.05) is 0 Å². The van der Waals surface area contributed by atoms with E-state index >= 15 is 0 Å². The highest BCUT2D eigenvalue weighted by atomic mass is 16.3. The molecular formula is C20H22N8O2. The third kappa shape index (κ3) is 4.44. The van der Waals surface area contributed by atoms with Gasteiger partial charge in [-0.2, -0.15) is 0 Å². The fourth-order valence-electron chi connectivity index (χ4n) is 2.93. The summed E-state index contributed by atoms with van der Waals surface area (Å²) in [6.45, 7) is 5.25. The lowest BCUT2D eigenvalue weighted by Gasteiger charge is -2.05. The van der Waals surface area contributed by atoms with Crippen LogP contribution >= 0.6 is 0 Å². The summed E-state index contributed by atoms with van der Waals surface area (Å²) in [6, 6.07) is 7.42. The van der Waals surface area contributed by atoms with Crippen molar-refractivity contribution in [1.29, 1.82) is 0 Å². The van der Waals surface area contributed by atoms with E-state index in [2.05, 4.69) is 30.4 Å². The first kappa shape index (κ1) is 20.9. The van der Waals surface area contributed by atoms with Crippen molar-refractivity contribution >= 4 is 6.29 Å². The number of hydrogen-bond donors (Lipinski definition) is 1. The van der Waals surface area contributed by atoms with Gasteiger partial charge in [-0.15, -0.1) is 20.4 Å². The molecule has 4 heterocycles. The summed E-state index contributed by atoms with van der Waals surface area (Å²) >= 11 is 0. The second-order valence-electron chi connectivity index (χ2n) is 6.06. The van der Waals surface area contributed by atoms with Crippen LogP contribution in [0, 0.1) is 0 Å². The zero-order chi connectivity index (χ0) is 21.3. The molecule has 30 heavy (non-hydrogen) atoms. The normalized spacial score (nSPS) is 10.4. The van der Waals surface area contributed by atoms with Crippen LogP contribution < -0.4 is 0 Å². The summed E-state index contributed by atoms with van der Waals surface area (Å²) in [6.07, 6.45) is 7.50. The van der Waals surface area contributed by atoms with Crippen LogP contribution in [-0.2, 0) is 19.7 Å². The Hall–Kier alpha value is -3.79. The van der Waals surface area contributed by atoms with E-state index in [0.29, 0.717) is 30.3 Å². The summed E-state index contributed by atoms with van der Waals surface area (Å²) in [4.78, 5) is 18.6. The zero-order valence-electron chi connectivity index (χ0n) is 16.8. The van der Waals surface area contributed by atoms with Crippen LogP contribution in [0.15, 0.2) is 49.1 Å². The maximum atomic E-state index is 10.7. The van der Waals surface area contributed by atoms with E-state index < -0.39 is 0 Å². The highest BCUT2D eigenvalue weighted by molar-refractivity contribution is 5.71. The lowest BCUT2D eigenvalue weighted by Crippen LogP contribution is -2.03. The van der Waals surface area contributed by atoms with Gasteiger partial charge in [-0.25, -0.2) is 0 Å². The molecule has 1 N–H and O–H groups in total. The molecule has 0 aliphatic heterocycles. The van der Waals surface area contributed by atoms with Crippen LogP contribution in [0.25, 0.3) is 22.8 Å². The number of carbonyl (C=O) groups excluding carboxylic acids is 1. The molecule has 0 fully saturated rings. The van der Waals surface area contributed by atoms with Gasteiger partial charge >= 0.3 is 0 Å². The Balaban J connectivity index is 0.000000171. The summed E-state index contributed by atoms with van der Waals surface area (Å²) in [5.74, 6) is 2.40. The highest BCUT2D eigenvalue weighted by Gasteiger charge is 2.11. The van der Waals surface area contributed by atoms with Crippen LogP contribution in [0.2, 0.25) is 0 Å². The van der Waals surface area contributed by atoms with E-state index in [1.54, 1.807) is 29.4 Å². The molecule has 0 aliphatic rings. The van der Waals surface area contributed by atoms with Gasteiger partial charge in [-0.1, -0.05) is 0 Å². The van der Waals surface area contributed by atoms with Crippen LogP contribution in [0.1, 0.15) is 30.3 Å². The molecule has 4 rings (SSSR count). The molecule has 10 heteroatoms. The van der Waals surface area contributed by atoms with Gasteiger partial charge in [0.25, 0.3) is 0 Å². The number of aldehydes is 1. The Morgan fingerprint density at radius 3 is 1.77 bits per heavy atom. The van der Waals surface area contributed by atoms with Crippen molar-refractivity contribution in [3.63, 3.8) is 0 Å². The van der Waals surface area contributed by atoms with Crippen molar-refractivity contribution in [2.24, 2.45) is 0 Å². The van der Waals surface area contributed by atoms with Crippen molar-refractivity contribution < 1.29 is 9.90 Å². The minimum atomic E-state index is -0.0913. The Labute approximate surface area is 173 Å². The molecule has 0 aromatic carbocycles. The number of carbonyl (C=O) groups is 1. The summed E-state index contributed by atoms with van der Waals surface area (Å²) in [5, 5.41) is 24.8. The number of nitrogens with zero attached hydrogens (tertiary/aromatic N) is 8. The molecule has 0 atom stereocenters. The lowest BCUT2D eigenvalue weighted by atomic mass is 10.2. The van der Waals surface area contributed by atoms with E-state index in [-0.39, 0.29) is 6.61 Å². The van der Waals surface area contributed by atoms with Crippen LogP contribution in [0.3, 0.4) is 0 Å². The van der Waals surface area contributed by atoms with E-state index in [1.807, 2.05) is 42.7 Å². The maximum Gasteiger partial charge on any atom is 0.197 e. The standard InChI is InChI=1S/C10H12N4O.C10H10N4O/c2*1-2-14-9(7-15)12-13-10(14)8-3-5-11-6-4-8/h3-6,15H,2,7H2,1H3;3-7H,2H2,1H3. The first-order valence-electron chi connectivity index (χ1n) is 9.45. The minimum Gasteiger partial charge on any atom is -0.388 e. The smallest absolute Gasteiger partial charge is 0.197 e. The first-order valence-corrected chi connectivity index (χ1v) is 9.45. The monoisotopic (exact) mass is 406 g/mol. The number of rotatable bonds is 6. The van der Waals surface area contributed by atoms with Gasteiger partial charge in [0.05, 0.1) is 0 Å². The van der Waals surface area contributed by atoms with Crippen LogP contribution in [0.5, 0.6) is 0 Å². The van der Waals surface area contributed by atoms with Gasteiger partial charge in [0.1, 0.15) is 6.61 Å². The molecule has 154 valence electrons. The van der Waals surface area contributed by atoms with Gasteiger partial charge in [0, 0.05) is 49.0 Å². The van der Waals surface area contributed by atoms with Gasteiger partial charge in [0.15, 0.2) is 29.6 Å². The van der Waals surface area contributed by atoms with Crippen molar-refractivity contribution in [3.8, 4) is 22.8 Å². The third-order valence-electron chi connectivity index (χ3n) is 4.36. The van der Waals surface area contributed by atoms with Gasteiger partial charge in [0.2, 0.25) is 0 Å². The van der Waals surface area contributed by atoms with E-state index in [1.165, 1.54) is 0 Å². The van der Waals surface area contributed by atoms with E-state index in [4.69, 9.17) is 5.11 Å². The molecular weight excluding hydrogens is 384 g/mol. The summed E-state index contributed by atoms with van der Waals surface area (Å²) < 4.78 is 3.65. The average molecular weight is 406 g/mol. The molecule has 0 radical (unpaired) electrons. The lowest BCUT2D eigenvalue weighted by molar-refractivity contribution is 0.111. The number of aromatic nitrogens is 8. The number of pyridine rings is 2. The fraction of sp³-hybridized carbons (Fsp3) is 0.250. The molecule has 0 bridgehead atoms. The Morgan fingerprint density at radius 2 is 1.30 bits per heavy atom. The quantitative estimate of drug-likeness (QED) is 0.482. The van der Waals surface area contributed by atoms with Crippen LogP contribution in [0.4, 0.5) is 0 Å². The van der Waals surface area contributed by atoms with Crippen LogP contribution in [-0.4, -0.2) is 50.9 Å². The Bertz CT molecular complexity index is 1080. The second kappa shape index (κ2) is 10.1. The van der Waals surface area contributed by atoms with Gasteiger partial charge < -0.3 is 14.2 Å². The predicted molar refractivity (Wildman–Crippen MR) is 109 cm³/mol. The van der Waals surface area contributed by atoms with E-state index in [0.717, 1.165) is 23.5 Å². The highest BCUT2D eigenvalue weighted by Crippen LogP contribution is 2.17. The molecule has 4 aromatic heterocycles. The van der Waals surface area contributed by atoms with Crippen molar-refractivity contribution in [3.05, 3.63) is 60.7 Å². The zero-order valence-corrected chi connectivity index (χ0v) is 16.8. The van der Waals surface area contributed by atoms with Gasteiger partial charge in [-0.3, -0.25) is 14.8 Å². The minimum absolute atomic E-state index is 0.0913. The summed E-state index contributed by atoms with van der Waals surface area (Å²) in [7, 11) is 0. The Morgan fingerprint density at radius 1 is 0.800 bits per heavy atom. The molecule has 0 saturated heterocycles. The molecule has 0 aliphatic carbocycles. The average Bonchev–Trinajstić information content (AvgIpc) is 3.43. The fourth-order valence-corrected chi connectivity index (χ4v) is 2.93. The van der Waals surface area contributed by atoms with E-state index in [9.17, 15) is 4.79 Å². The first-order chi connectivity index (χ1) is 14.7. The van der Waals surface area contributed by atoms with Crippen molar-refractivity contribution in [2.45, 2.75) is 33.5 Å². The second-order valence-corrected chi connectivity index (χ2v) is 6.06.